The van der Waals surface area contributed by atoms with Crippen LogP contribution in [0.15, 0.2) is 66.9 Å². The Morgan fingerprint density at radius 3 is 2.45 bits per heavy atom. The Morgan fingerprint density at radius 2 is 1.79 bits per heavy atom. The van der Waals surface area contributed by atoms with Gasteiger partial charge in [-0.05, 0) is 49.4 Å². The third kappa shape index (κ3) is 4.29. The zero-order valence-electron chi connectivity index (χ0n) is 17.2. The molecule has 0 aliphatic rings. The van der Waals surface area contributed by atoms with Crippen LogP contribution in [0.1, 0.15) is 17.3 Å². The van der Waals surface area contributed by atoms with Crippen molar-refractivity contribution in [2.24, 2.45) is 0 Å². The zero-order valence-corrected chi connectivity index (χ0v) is 18.8. The van der Waals surface area contributed by atoms with Crippen LogP contribution in [0, 0.1) is 11.6 Å². The zero-order chi connectivity index (χ0) is 23.7. The van der Waals surface area contributed by atoms with E-state index in [-0.39, 0.29) is 28.4 Å². The lowest BCUT2D eigenvalue weighted by molar-refractivity contribution is 0.0521. The summed E-state index contributed by atoms with van der Waals surface area (Å²) in [4.78, 5) is 12.1. The van der Waals surface area contributed by atoms with Gasteiger partial charge < -0.3 is 9.30 Å². The highest BCUT2D eigenvalue weighted by Gasteiger charge is 2.23. The number of nitrogens with zero attached hydrogens (tertiary/aromatic N) is 2. The topological polar surface area (TPSA) is 68.6 Å². The van der Waals surface area contributed by atoms with Gasteiger partial charge >= 0.3 is 5.97 Å². The second-order valence-corrected chi connectivity index (χ2v) is 8.22. The maximum Gasteiger partial charge on any atom is 0.341 e. The first-order valence-electron chi connectivity index (χ1n) is 9.78. The molecule has 6 nitrogen and oxygen atoms in total. The normalized spacial score (nSPS) is 11.2. The molecule has 0 saturated carbocycles. The second-order valence-electron chi connectivity index (χ2n) is 6.94. The fraction of sp³-hybridized carbons (Fsp3) is 0.0870. The number of thiol groups is 1. The highest BCUT2D eigenvalue weighted by atomic mass is 35.5. The molecule has 1 heterocycles. The molecule has 0 N–H and O–H groups in total. The molecule has 4 rings (SSSR count). The minimum Gasteiger partial charge on any atom is -0.462 e. The lowest BCUT2D eigenvalue weighted by Crippen LogP contribution is -2.16. The maximum absolute atomic E-state index is 14.4. The molecule has 4 aromatic rings. The summed E-state index contributed by atoms with van der Waals surface area (Å²) in [5.41, 5.74) is 0.804. The largest absolute Gasteiger partial charge is 0.462 e. The lowest BCUT2D eigenvalue weighted by Gasteiger charge is -2.18. The van der Waals surface area contributed by atoms with Crippen LogP contribution in [0.25, 0.3) is 16.6 Å². The third-order valence-electron chi connectivity index (χ3n) is 4.94. The van der Waals surface area contributed by atoms with E-state index in [4.69, 9.17) is 16.3 Å². The van der Waals surface area contributed by atoms with Gasteiger partial charge in [0.15, 0.2) is 0 Å². The molecule has 10 heteroatoms. The maximum atomic E-state index is 14.4. The van der Waals surface area contributed by atoms with Crippen LogP contribution in [0.4, 0.5) is 20.2 Å². The van der Waals surface area contributed by atoms with E-state index in [2.05, 4.69) is 0 Å². The fourth-order valence-electron chi connectivity index (χ4n) is 3.50. The molecule has 1 aromatic heterocycles. The fourth-order valence-corrected chi connectivity index (χ4v) is 4.31. The molecule has 33 heavy (non-hydrogen) atoms. The molecule has 0 aliphatic heterocycles. The number of aromatic nitrogens is 1. The number of hydrogen-bond donors (Lipinski definition) is 1. The molecule has 0 fully saturated rings. The Bertz CT molecular complexity index is 1430. The van der Waals surface area contributed by atoms with E-state index in [1.165, 1.54) is 18.3 Å². The van der Waals surface area contributed by atoms with Crippen LogP contribution in [0.5, 0.6) is 0 Å². The van der Waals surface area contributed by atoms with Crippen LogP contribution in [0.3, 0.4) is 0 Å². The first-order valence-corrected chi connectivity index (χ1v) is 11.3. The van der Waals surface area contributed by atoms with Crippen LogP contribution in [0.2, 0.25) is 5.02 Å². The van der Waals surface area contributed by atoms with Gasteiger partial charge in [0, 0.05) is 17.3 Å². The number of anilines is 2. The van der Waals surface area contributed by atoms with Gasteiger partial charge in [-0.1, -0.05) is 29.8 Å². The number of halogens is 3. The van der Waals surface area contributed by atoms with E-state index in [9.17, 15) is 22.0 Å². The van der Waals surface area contributed by atoms with Crippen molar-refractivity contribution in [1.29, 1.82) is 0 Å². The van der Waals surface area contributed by atoms with Crippen molar-refractivity contribution in [2.45, 2.75) is 6.92 Å². The number of hydrogen-bond acceptors (Lipinski definition) is 4. The van der Waals surface area contributed by atoms with Crippen LogP contribution >= 0.6 is 11.6 Å². The van der Waals surface area contributed by atoms with Crippen molar-refractivity contribution in [3.05, 3.63) is 89.1 Å². The Labute approximate surface area is 194 Å². The molecule has 0 radical (unpaired) electrons. The van der Waals surface area contributed by atoms with Gasteiger partial charge in [0.2, 0.25) is 10.9 Å². The van der Waals surface area contributed by atoms with Gasteiger partial charge in [-0.2, -0.15) is 0 Å². The van der Waals surface area contributed by atoms with Crippen molar-refractivity contribution >= 4 is 50.7 Å². The molecule has 0 unspecified atom stereocenters. The standard InChI is InChI=1S/C23H17ClF2N2O4S/c1-2-32-23(29)16-10-15(8-9-19(16)25)28(33(30)31)22-13-27(14-6-4-3-5-7-14)21-12-18(24)20(26)11-17(21)22/h3-13,33H,2H2,1H3. The van der Waals surface area contributed by atoms with Gasteiger partial charge in [-0.15, -0.1) is 0 Å². The van der Waals surface area contributed by atoms with Gasteiger partial charge in [0.05, 0.1) is 34.1 Å². The molecule has 0 amide bonds. The summed E-state index contributed by atoms with van der Waals surface area (Å²) in [7, 11) is -3.32. The molecular formula is C23H17ClF2N2O4S. The number of benzene rings is 3. The van der Waals surface area contributed by atoms with Crippen molar-refractivity contribution in [2.75, 3.05) is 10.9 Å². The van der Waals surface area contributed by atoms with E-state index in [0.717, 1.165) is 22.5 Å². The molecule has 0 aliphatic carbocycles. The predicted molar refractivity (Wildman–Crippen MR) is 123 cm³/mol. The number of rotatable bonds is 6. The summed E-state index contributed by atoms with van der Waals surface area (Å²) in [6.07, 6.45) is 1.51. The first-order chi connectivity index (χ1) is 15.8. The lowest BCUT2D eigenvalue weighted by atomic mass is 10.1. The number of para-hydroxylation sites is 1. The average molecular weight is 491 g/mol. The molecule has 0 bridgehead atoms. The summed E-state index contributed by atoms with van der Waals surface area (Å²) in [5, 5.41) is 0.121. The highest BCUT2D eigenvalue weighted by molar-refractivity contribution is 7.74. The molecule has 170 valence electrons. The average Bonchev–Trinajstić information content (AvgIpc) is 3.13. The summed E-state index contributed by atoms with van der Waals surface area (Å²) >= 11 is 6.00. The van der Waals surface area contributed by atoms with Crippen molar-refractivity contribution < 1.29 is 26.7 Å². The van der Waals surface area contributed by atoms with Gasteiger partial charge in [0.1, 0.15) is 11.6 Å². The monoisotopic (exact) mass is 490 g/mol. The van der Waals surface area contributed by atoms with Crippen LogP contribution in [-0.2, 0) is 15.6 Å². The second kappa shape index (κ2) is 9.21. The molecule has 0 saturated heterocycles. The number of esters is 1. The number of carbonyl (C=O) groups excluding carboxylic acids is 1. The summed E-state index contributed by atoms with van der Waals surface area (Å²) in [5.74, 6) is -2.52. The quantitative estimate of drug-likeness (QED) is 0.290. The minimum atomic E-state index is -3.32. The predicted octanol–water partition coefficient (Wildman–Crippen LogP) is 5.40. The Balaban J connectivity index is 1.97. The van der Waals surface area contributed by atoms with E-state index >= 15 is 0 Å². The van der Waals surface area contributed by atoms with Crippen molar-refractivity contribution in [1.82, 2.24) is 4.57 Å². The molecular weight excluding hydrogens is 474 g/mol. The van der Waals surface area contributed by atoms with Crippen LogP contribution in [-0.4, -0.2) is 25.6 Å². The number of ether oxygens (including phenoxy) is 1. The smallest absolute Gasteiger partial charge is 0.341 e. The van der Waals surface area contributed by atoms with Crippen molar-refractivity contribution in [3.63, 3.8) is 0 Å². The third-order valence-corrected chi connectivity index (χ3v) is 6.00. The molecule has 0 spiro atoms. The highest BCUT2D eigenvalue weighted by Crippen LogP contribution is 2.38. The van der Waals surface area contributed by atoms with Crippen LogP contribution < -0.4 is 4.31 Å². The Hall–Kier alpha value is -3.43. The molecule has 0 atom stereocenters. The Morgan fingerprint density at radius 1 is 1.06 bits per heavy atom. The van der Waals surface area contributed by atoms with Gasteiger partial charge in [0.25, 0.3) is 0 Å². The number of carbonyl (C=O) groups is 1. The SMILES string of the molecule is CCOC(=O)c1cc(N(c2cn(-c3ccccc3)c3cc(Cl)c(F)cc23)[SH](=O)=O)ccc1F. The molecule has 3 aromatic carbocycles. The van der Waals surface area contributed by atoms with E-state index in [1.54, 1.807) is 35.8 Å². The van der Waals surface area contributed by atoms with Crippen molar-refractivity contribution in [3.8, 4) is 5.69 Å². The van der Waals surface area contributed by atoms with E-state index in [0.29, 0.717) is 11.2 Å². The minimum absolute atomic E-state index is 0.0157. The summed E-state index contributed by atoms with van der Waals surface area (Å²) < 4.78 is 60.8. The summed E-state index contributed by atoms with van der Waals surface area (Å²) in [6, 6.07) is 14.8. The van der Waals surface area contributed by atoms with Gasteiger partial charge in [-0.3, -0.25) is 0 Å². The number of fused-ring (bicyclic) bond motifs is 1. The Kier molecular flexibility index (Phi) is 6.35. The van der Waals surface area contributed by atoms with E-state index in [1.807, 2.05) is 6.07 Å². The first kappa shape index (κ1) is 22.8. The summed E-state index contributed by atoms with van der Waals surface area (Å²) in [6.45, 7) is 1.59. The van der Waals surface area contributed by atoms with Gasteiger partial charge in [-0.25, -0.2) is 26.3 Å². The van der Waals surface area contributed by atoms with E-state index < -0.39 is 34.1 Å².